The maximum atomic E-state index is 13.8. The molecule has 11 nitrogen and oxygen atoms in total. The lowest BCUT2D eigenvalue weighted by atomic mass is 10.00. The molecule has 1 atom stereocenters. The van der Waals surface area contributed by atoms with E-state index < -0.39 is 6.04 Å². The van der Waals surface area contributed by atoms with Gasteiger partial charge in [-0.1, -0.05) is 35.9 Å². The number of nitrogens with zero attached hydrogens (tertiary/aromatic N) is 7. The largest absolute Gasteiger partial charge is 0.618 e. The summed E-state index contributed by atoms with van der Waals surface area (Å²) in [7, 11) is 1.63. The maximum Gasteiger partial charge on any atom is 0.251 e. The average molecular weight is 633 g/mol. The van der Waals surface area contributed by atoms with Crippen LogP contribution in [0.5, 0.6) is 5.75 Å². The number of aromatic nitrogens is 7. The van der Waals surface area contributed by atoms with Gasteiger partial charge in [-0.3, -0.25) is 9.48 Å². The summed E-state index contributed by atoms with van der Waals surface area (Å²) in [5.74, 6) is 0.690. The Kier molecular flexibility index (Phi) is 7.90. The molecule has 1 saturated carbocycles. The molecule has 7 rings (SSSR count). The first-order valence-electron chi connectivity index (χ1n) is 14.8. The van der Waals surface area contributed by atoms with E-state index in [1.54, 1.807) is 31.5 Å². The van der Waals surface area contributed by atoms with Gasteiger partial charge in [0.2, 0.25) is 5.69 Å². The SMILES string of the molecule is COc1ccc(CC(c2ccc(-c3cc(Cl)ccc3-n3cnnn3)c[n+]2[O-])n2cc(-c3ccc(C(=O)NC4CC4)cc3)cn2)cc1. The van der Waals surface area contributed by atoms with Gasteiger partial charge in [-0.15, -0.1) is 5.10 Å². The molecule has 3 heterocycles. The standard InChI is InChI=1S/C34H29ClN8O3/c1-46-29-12-2-22(3-13-29)16-33(41-19-26(18-37-41)23-4-6-24(7-5-23)34(44)38-28-10-11-28)32-14-8-25(20-43(32)45)30-17-27(35)9-15-31(30)42-21-36-39-40-42/h2-9,12-15,17-21,28,33H,10-11,16H2,1H3,(H,38,44). The van der Waals surface area contributed by atoms with Gasteiger partial charge in [0.1, 0.15) is 18.1 Å². The quantitative estimate of drug-likeness (QED) is 0.162. The molecule has 0 saturated heterocycles. The molecule has 0 aliphatic heterocycles. The van der Waals surface area contributed by atoms with Crippen LogP contribution >= 0.6 is 11.6 Å². The van der Waals surface area contributed by atoms with E-state index >= 15 is 0 Å². The third kappa shape index (κ3) is 6.18. The van der Waals surface area contributed by atoms with E-state index in [1.165, 1.54) is 17.2 Å². The number of carbonyl (C=O) groups is 1. The van der Waals surface area contributed by atoms with Crippen LogP contribution in [0.3, 0.4) is 0 Å². The Morgan fingerprint density at radius 1 is 1.04 bits per heavy atom. The zero-order valence-corrected chi connectivity index (χ0v) is 25.6. The van der Waals surface area contributed by atoms with Crippen molar-refractivity contribution in [1.82, 2.24) is 35.3 Å². The highest BCUT2D eigenvalue weighted by Gasteiger charge is 2.26. The summed E-state index contributed by atoms with van der Waals surface area (Å²) < 4.78 is 9.55. The van der Waals surface area contributed by atoms with Gasteiger partial charge < -0.3 is 15.3 Å². The van der Waals surface area contributed by atoms with Gasteiger partial charge in [0.05, 0.1) is 19.0 Å². The number of halogens is 1. The normalized spacial score (nSPS) is 13.3. The van der Waals surface area contributed by atoms with Crippen molar-refractivity contribution in [3.05, 3.63) is 131 Å². The highest BCUT2D eigenvalue weighted by molar-refractivity contribution is 6.31. The summed E-state index contributed by atoms with van der Waals surface area (Å²) in [5.41, 5.74) is 5.97. The van der Waals surface area contributed by atoms with Crippen LogP contribution < -0.4 is 14.8 Å². The second-order valence-electron chi connectivity index (χ2n) is 11.2. The lowest BCUT2D eigenvalue weighted by Crippen LogP contribution is -2.36. The molecule has 0 bridgehead atoms. The second-order valence-corrected chi connectivity index (χ2v) is 11.6. The minimum Gasteiger partial charge on any atom is -0.618 e. The Morgan fingerprint density at radius 2 is 1.83 bits per heavy atom. The number of hydrogen-bond donors (Lipinski definition) is 1. The lowest BCUT2D eigenvalue weighted by Gasteiger charge is -2.18. The van der Waals surface area contributed by atoms with Crippen molar-refractivity contribution in [3.63, 3.8) is 0 Å². The van der Waals surface area contributed by atoms with Gasteiger partial charge in [0, 0.05) is 52.0 Å². The third-order valence-electron chi connectivity index (χ3n) is 8.05. The first kappa shape index (κ1) is 29.2. The number of pyridine rings is 1. The maximum absolute atomic E-state index is 13.8. The summed E-state index contributed by atoms with van der Waals surface area (Å²) >= 11 is 6.35. The molecule has 1 aliphatic rings. The number of benzene rings is 3. The number of nitrogens with one attached hydrogen (secondary N) is 1. The molecule has 12 heteroatoms. The molecule has 230 valence electrons. The zero-order chi connectivity index (χ0) is 31.6. The van der Waals surface area contributed by atoms with Gasteiger partial charge in [0.25, 0.3) is 5.91 Å². The second kappa shape index (κ2) is 12.4. The molecule has 1 aliphatic carbocycles. The molecule has 3 aromatic carbocycles. The van der Waals surface area contributed by atoms with Crippen molar-refractivity contribution in [1.29, 1.82) is 0 Å². The van der Waals surface area contributed by atoms with Crippen molar-refractivity contribution in [2.75, 3.05) is 7.11 Å². The van der Waals surface area contributed by atoms with Crippen LogP contribution in [0.15, 0.2) is 104 Å². The summed E-state index contributed by atoms with van der Waals surface area (Å²) in [5, 5.41) is 33.5. The molecular formula is C34H29ClN8O3. The smallest absolute Gasteiger partial charge is 0.251 e. The Hall–Kier alpha value is -5.55. The summed E-state index contributed by atoms with van der Waals surface area (Å²) in [6.07, 6.45) is 9.29. The Bertz CT molecular complexity index is 1990. The molecule has 1 fully saturated rings. The van der Waals surface area contributed by atoms with E-state index in [4.69, 9.17) is 21.4 Å². The Morgan fingerprint density at radius 3 is 2.52 bits per heavy atom. The van der Waals surface area contributed by atoms with Gasteiger partial charge in [-0.2, -0.15) is 14.5 Å². The fraction of sp³-hybridized carbons (Fsp3) is 0.176. The first-order chi connectivity index (χ1) is 22.4. The van der Waals surface area contributed by atoms with E-state index in [0.717, 1.165) is 40.0 Å². The third-order valence-corrected chi connectivity index (χ3v) is 8.29. The average Bonchev–Trinajstić information content (AvgIpc) is 3.49. The lowest BCUT2D eigenvalue weighted by molar-refractivity contribution is -0.615. The van der Waals surface area contributed by atoms with Crippen LogP contribution in [0.25, 0.3) is 27.9 Å². The number of ether oxygens (including phenoxy) is 1. The van der Waals surface area contributed by atoms with E-state index in [9.17, 15) is 10.0 Å². The van der Waals surface area contributed by atoms with Gasteiger partial charge in [-0.05, 0) is 82.9 Å². The highest BCUT2D eigenvalue weighted by Crippen LogP contribution is 2.31. The fourth-order valence-corrected chi connectivity index (χ4v) is 5.58. The topological polar surface area (TPSA) is 127 Å². The molecule has 3 aromatic heterocycles. The van der Waals surface area contributed by atoms with E-state index in [0.29, 0.717) is 45.6 Å². The van der Waals surface area contributed by atoms with E-state index in [2.05, 4.69) is 20.8 Å². The van der Waals surface area contributed by atoms with Gasteiger partial charge >= 0.3 is 0 Å². The minimum absolute atomic E-state index is 0.0596. The van der Waals surface area contributed by atoms with Crippen LogP contribution in [0.2, 0.25) is 5.02 Å². The summed E-state index contributed by atoms with van der Waals surface area (Å²) in [4.78, 5) is 12.5. The van der Waals surface area contributed by atoms with Crippen LogP contribution in [0.1, 0.15) is 40.5 Å². The van der Waals surface area contributed by atoms with Crippen molar-refractivity contribution in [3.8, 4) is 33.7 Å². The van der Waals surface area contributed by atoms with Crippen LogP contribution in [0.4, 0.5) is 0 Å². The zero-order valence-electron chi connectivity index (χ0n) is 24.8. The predicted octanol–water partition coefficient (Wildman–Crippen LogP) is 5.21. The molecule has 0 radical (unpaired) electrons. The van der Waals surface area contributed by atoms with Crippen molar-refractivity contribution in [2.45, 2.75) is 31.3 Å². The number of amides is 1. The minimum atomic E-state index is -0.435. The molecule has 46 heavy (non-hydrogen) atoms. The van der Waals surface area contributed by atoms with Crippen molar-refractivity contribution in [2.24, 2.45) is 0 Å². The van der Waals surface area contributed by atoms with Crippen LogP contribution in [0, 0.1) is 5.21 Å². The number of rotatable bonds is 10. The highest BCUT2D eigenvalue weighted by atomic mass is 35.5. The van der Waals surface area contributed by atoms with E-state index in [1.807, 2.05) is 71.5 Å². The van der Waals surface area contributed by atoms with E-state index in [-0.39, 0.29) is 5.91 Å². The van der Waals surface area contributed by atoms with Crippen LogP contribution in [-0.4, -0.2) is 49.0 Å². The Balaban J connectivity index is 1.22. The molecule has 1 N–H and O–H groups in total. The number of tetrazole rings is 1. The monoisotopic (exact) mass is 632 g/mol. The number of methoxy groups -OCH3 is 1. The van der Waals surface area contributed by atoms with Gasteiger partial charge in [-0.25, -0.2) is 0 Å². The predicted molar refractivity (Wildman–Crippen MR) is 172 cm³/mol. The Labute approximate surface area is 269 Å². The molecular weight excluding hydrogens is 604 g/mol. The summed E-state index contributed by atoms with van der Waals surface area (Å²) in [6, 6.07) is 24.1. The molecule has 1 unspecified atom stereocenters. The molecule has 1 amide bonds. The fourth-order valence-electron chi connectivity index (χ4n) is 5.41. The number of carbonyl (C=O) groups excluding carboxylic acids is 1. The number of hydrogen-bond acceptors (Lipinski definition) is 7. The van der Waals surface area contributed by atoms with Crippen LogP contribution in [-0.2, 0) is 6.42 Å². The van der Waals surface area contributed by atoms with Crippen molar-refractivity contribution < 1.29 is 14.3 Å². The summed E-state index contributed by atoms with van der Waals surface area (Å²) in [6.45, 7) is 0. The van der Waals surface area contributed by atoms with Crippen molar-refractivity contribution >= 4 is 17.5 Å². The molecule has 6 aromatic rings. The molecule has 0 spiro atoms. The van der Waals surface area contributed by atoms with Gasteiger partial charge in [0.15, 0.2) is 6.20 Å². The first-order valence-corrected chi connectivity index (χ1v) is 15.2.